The Labute approximate surface area is 159 Å². The summed E-state index contributed by atoms with van der Waals surface area (Å²) in [4.78, 5) is 8.57. The van der Waals surface area contributed by atoms with Crippen LogP contribution in [0.25, 0.3) is 11.3 Å². The molecule has 27 heavy (non-hydrogen) atoms. The molecule has 0 fully saturated rings. The molecule has 0 aliphatic heterocycles. The molecule has 0 radical (unpaired) electrons. The van der Waals surface area contributed by atoms with Crippen molar-refractivity contribution in [2.24, 2.45) is 0 Å². The molecule has 6 nitrogen and oxygen atoms in total. The highest BCUT2D eigenvalue weighted by Gasteiger charge is 2.15. The average molecular weight is 383 g/mol. The first-order valence-electron chi connectivity index (χ1n) is 8.56. The number of nitrogens with zero attached hydrogens (tertiary/aromatic N) is 2. The topological polar surface area (TPSA) is 81.2 Å². The summed E-state index contributed by atoms with van der Waals surface area (Å²) in [5.41, 5.74) is 2.39. The van der Waals surface area contributed by atoms with E-state index in [4.69, 9.17) is 4.74 Å². The summed E-state index contributed by atoms with van der Waals surface area (Å²) in [7, 11) is -3.65. The van der Waals surface area contributed by atoms with Gasteiger partial charge in [-0.05, 0) is 61.9 Å². The molecular formula is C20H21N3O3S. The van der Waals surface area contributed by atoms with Gasteiger partial charge in [-0.15, -0.1) is 0 Å². The van der Waals surface area contributed by atoms with E-state index in [9.17, 15) is 8.42 Å². The number of pyridine rings is 2. The Morgan fingerprint density at radius 1 is 1.00 bits per heavy atom. The molecule has 1 N–H and O–H groups in total. The zero-order chi connectivity index (χ0) is 19.3. The second kappa shape index (κ2) is 8.28. The van der Waals surface area contributed by atoms with Crippen LogP contribution in [0.1, 0.15) is 19.4 Å². The highest BCUT2D eigenvalue weighted by atomic mass is 32.2. The van der Waals surface area contributed by atoms with Crippen LogP contribution in [0.5, 0.6) is 5.75 Å². The molecule has 0 saturated carbocycles. The van der Waals surface area contributed by atoms with Crippen LogP contribution in [0.3, 0.4) is 0 Å². The molecule has 0 spiro atoms. The zero-order valence-electron chi connectivity index (χ0n) is 15.2. The highest BCUT2D eigenvalue weighted by molar-refractivity contribution is 7.89. The maximum absolute atomic E-state index is 12.6. The maximum Gasteiger partial charge on any atom is 0.240 e. The average Bonchev–Trinajstić information content (AvgIpc) is 2.67. The quantitative estimate of drug-likeness (QED) is 0.676. The molecule has 0 aliphatic rings. The van der Waals surface area contributed by atoms with E-state index >= 15 is 0 Å². The fraction of sp³-hybridized carbons (Fsp3) is 0.200. The summed E-state index contributed by atoms with van der Waals surface area (Å²) in [6.07, 6.45) is 5.07. The van der Waals surface area contributed by atoms with Crippen molar-refractivity contribution in [1.82, 2.24) is 14.7 Å². The largest absolute Gasteiger partial charge is 0.491 e. The summed E-state index contributed by atoms with van der Waals surface area (Å²) >= 11 is 0. The monoisotopic (exact) mass is 383 g/mol. The summed E-state index contributed by atoms with van der Waals surface area (Å²) in [6, 6.07) is 13.7. The third-order valence-electron chi connectivity index (χ3n) is 3.80. The second-order valence-corrected chi connectivity index (χ2v) is 7.98. The maximum atomic E-state index is 12.6. The van der Waals surface area contributed by atoms with Crippen LogP contribution in [-0.4, -0.2) is 24.5 Å². The van der Waals surface area contributed by atoms with Gasteiger partial charge in [-0.2, -0.15) is 0 Å². The van der Waals surface area contributed by atoms with E-state index in [1.165, 1.54) is 12.1 Å². The van der Waals surface area contributed by atoms with E-state index in [1.54, 1.807) is 36.8 Å². The lowest BCUT2D eigenvalue weighted by Gasteiger charge is -2.12. The van der Waals surface area contributed by atoms with Crippen LogP contribution in [0, 0.1) is 0 Å². The fourth-order valence-corrected chi connectivity index (χ4v) is 3.58. The van der Waals surface area contributed by atoms with Gasteiger partial charge in [0.1, 0.15) is 5.75 Å². The van der Waals surface area contributed by atoms with Gasteiger partial charge in [-0.1, -0.05) is 6.07 Å². The highest BCUT2D eigenvalue weighted by Crippen LogP contribution is 2.21. The number of benzene rings is 1. The van der Waals surface area contributed by atoms with E-state index in [1.807, 2.05) is 32.0 Å². The molecule has 2 heterocycles. The van der Waals surface area contributed by atoms with Crippen molar-refractivity contribution in [2.45, 2.75) is 31.4 Å². The van der Waals surface area contributed by atoms with E-state index in [-0.39, 0.29) is 17.5 Å². The summed E-state index contributed by atoms with van der Waals surface area (Å²) < 4.78 is 33.4. The fourth-order valence-electron chi connectivity index (χ4n) is 2.58. The van der Waals surface area contributed by atoms with Crippen LogP contribution < -0.4 is 9.46 Å². The Kier molecular flexibility index (Phi) is 5.83. The number of sulfonamides is 1. The van der Waals surface area contributed by atoms with Gasteiger partial charge >= 0.3 is 0 Å². The summed E-state index contributed by atoms with van der Waals surface area (Å²) in [6.45, 7) is 3.97. The van der Waals surface area contributed by atoms with E-state index in [0.717, 1.165) is 16.8 Å². The molecule has 0 atom stereocenters. The first kappa shape index (κ1) is 19.0. The third-order valence-corrected chi connectivity index (χ3v) is 5.22. The number of nitrogens with one attached hydrogen (secondary N) is 1. The van der Waals surface area contributed by atoms with E-state index in [0.29, 0.717) is 5.75 Å². The Bertz CT molecular complexity index is 988. The number of hydrogen-bond acceptors (Lipinski definition) is 5. The summed E-state index contributed by atoms with van der Waals surface area (Å²) in [5.74, 6) is 0.635. The molecule has 140 valence electrons. The van der Waals surface area contributed by atoms with Crippen LogP contribution in [-0.2, 0) is 16.6 Å². The standard InChI is InChI=1S/C20H21N3O3S/c1-15(2)26-18-5-7-19(8-6-18)27(24,25)23-14-17-4-3-11-22-20(17)16-9-12-21-13-10-16/h3-13,15,23H,14H2,1-2H3. The summed E-state index contributed by atoms with van der Waals surface area (Å²) in [5, 5.41) is 0. The Hall–Kier alpha value is -2.77. The predicted octanol–water partition coefficient (Wildman–Crippen LogP) is 3.41. The third kappa shape index (κ3) is 4.90. The lowest BCUT2D eigenvalue weighted by Crippen LogP contribution is -2.23. The molecular weight excluding hydrogens is 362 g/mol. The van der Waals surface area contributed by atoms with E-state index in [2.05, 4.69) is 14.7 Å². The predicted molar refractivity (Wildman–Crippen MR) is 104 cm³/mol. The van der Waals surface area contributed by atoms with Crippen molar-refractivity contribution in [3.8, 4) is 17.0 Å². The van der Waals surface area contributed by atoms with Crippen LogP contribution in [0.15, 0.2) is 72.0 Å². The van der Waals surface area contributed by atoms with Gasteiger partial charge in [0, 0.05) is 30.7 Å². The van der Waals surface area contributed by atoms with Crippen LogP contribution in [0.4, 0.5) is 0 Å². The van der Waals surface area contributed by atoms with Gasteiger partial charge in [0.2, 0.25) is 10.0 Å². The number of hydrogen-bond donors (Lipinski definition) is 1. The van der Waals surface area contributed by atoms with E-state index < -0.39 is 10.0 Å². The molecule has 0 aliphatic carbocycles. The van der Waals surface area contributed by atoms with Crippen molar-refractivity contribution in [3.05, 3.63) is 72.7 Å². The lowest BCUT2D eigenvalue weighted by molar-refractivity contribution is 0.242. The molecule has 7 heteroatoms. The van der Waals surface area contributed by atoms with Gasteiger partial charge < -0.3 is 4.74 Å². The zero-order valence-corrected chi connectivity index (χ0v) is 16.0. The Morgan fingerprint density at radius 2 is 1.70 bits per heavy atom. The van der Waals surface area contributed by atoms with Gasteiger partial charge in [0.25, 0.3) is 0 Å². The van der Waals surface area contributed by atoms with Crippen molar-refractivity contribution < 1.29 is 13.2 Å². The van der Waals surface area contributed by atoms with Gasteiger partial charge in [-0.25, -0.2) is 13.1 Å². The minimum Gasteiger partial charge on any atom is -0.491 e. The van der Waals surface area contributed by atoms with Gasteiger partial charge in [0.05, 0.1) is 16.7 Å². The number of rotatable bonds is 7. The Balaban J connectivity index is 1.77. The SMILES string of the molecule is CC(C)Oc1ccc(S(=O)(=O)NCc2cccnc2-c2ccncc2)cc1. The molecule has 2 aromatic heterocycles. The van der Waals surface area contributed by atoms with Gasteiger partial charge in [-0.3, -0.25) is 9.97 Å². The smallest absolute Gasteiger partial charge is 0.240 e. The molecule has 0 amide bonds. The first-order valence-corrected chi connectivity index (χ1v) is 10.0. The lowest BCUT2D eigenvalue weighted by atomic mass is 10.1. The van der Waals surface area contributed by atoms with Crippen molar-refractivity contribution in [2.75, 3.05) is 0 Å². The normalized spacial score (nSPS) is 11.5. The number of ether oxygens (including phenoxy) is 1. The minimum absolute atomic E-state index is 0.0303. The van der Waals surface area contributed by atoms with Crippen LogP contribution >= 0.6 is 0 Å². The van der Waals surface area contributed by atoms with Crippen molar-refractivity contribution in [3.63, 3.8) is 0 Å². The molecule has 0 unspecified atom stereocenters. The molecule has 3 rings (SSSR count). The van der Waals surface area contributed by atoms with Crippen molar-refractivity contribution in [1.29, 1.82) is 0 Å². The minimum atomic E-state index is -3.65. The molecule has 0 bridgehead atoms. The number of aromatic nitrogens is 2. The van der Waals surface area contributed by atoms with Gasteiger partial charge in [0.15, 0.2) is 0 Å². The second-order valence-electron chi connectivity index (χ2n) is 6.21. The van der Waals surface area contributed by atoms with Crippen LogP contribution in [0.2, 0.25) is 0 Å². The molecule has 1 aromatic carbocycles. The molecule has 0 saturated heterocycles. The first-order chi connectivity index (χ1) is 13.0. The molecule has 3 aromatic rings. The Morgan fingerprint density at radius 3 is 2.37 bits per heavy atom. The van der Waals surface area contributed by atoms with Crippen molar-refractivity contribution >= 4 is 10.0 Å².